The zero-order chi connectivity index (χ0) is 13.8. The third-order valence-electron chi connectivity index (χ3n) is 2.25. The van der Waals surface area contributed by atoms with Crippen molar-refractivity contribution in [1.29, 1.82) is 0 Å². The topological polar surface area (TPSA) is 49.7 Å². The van der Waals surface area contributed by atoms with E-state index in [1.54, 1.807) is 6.92 Å². The fourth-order valence-corrected chi connectivity index (χ4v) is 1.40. The molecule has 0 amide bonds. The summed E-state index contributed by atoms with van der Waals surface area (Å²) in [4.78, 5) is 14.3. The summed E-state index contributed by atoms with van der Waals surface area (Å²) in [6.07, 6.45) is -4.57. The minimum atomic E-state index is -4.50. The van der Waals surface area contributed by atoms with Crippen LogP contribution in [0.1, 0.15) is 25.3 Å². The van der Waals surface area contributed by atoms with Gasteiger partial charge in [0.2, 0.25) is 0 Å². The molecule has 0 fully saturated rings. The molecule has 0 saturated heterocycles. The van der Waals surface area contributed by atoms with Crippen LogP contribution in [0.15, 0.2) is 29.3 Å². The first-order chi connectivity index (χ1) is 8.34. The lowest BCUT2D eigenvalue weighted by atomic mass is 10.1. The van der Waals surface area contributed by atoms with Gasteiger partial charge in [-0.2, -0.15) is 13.2 Å². The van der Waals surface area contributed by atoms with Crippen LogP contribution < -0.4 is 0 Å². The number of para-hydroxylation sites is 1. The number of aliphatic imine (C=N–C) groups is 1. The predicted octanol–water partition coefficient (Wildman–Crippen LogP) is 3.66. The predicted molar refractivity (Wildman–Crippen MR) is 61.1 cm³/mol. The van der Waals surface area contributed by atoms with E-state index in [-0.39, 0.29) is 17.8 Å². The van der Waals surface area contributed by atoms with Gasteiger partial charge in [-0.1, -0.05) is 19.1 Å². The Hall–Kier alpha value is -1.85. The molecule has 1 aromatic carbocycles. The largest absolute Gasteiger partial charge is 0.481 e. The standard InChI is InChI=1S/C12H12F3NO2/c1-2-8(7-11(17)18)16-10-6-4-3-5-9(10)12(13,14)15/h3-6H,2,7H2,1H3,(H,17,18). The molecule has 6 heteroatoms. The Kier molecular flexibility index (Phi) is 4.47. The highest BCUT2D eigenvalue weighted by Gasteiger charge is 2.33. The number of nitrogens with zero attached hydrogens (tertiary/aromatic N) is 1. The molecular formula is C12H12F3NO2. The molecule has 1 aromatic rings. The number of halogens is 3. The van der Waals surface area contributed by atoms with Gasteiger partial charge >= 0.3 is 12.1 Å². The molecule has 0 saturated carbocycles. The van der Waals surface area contributed by atoms with Gasteiger partial charge in [-0.05, 0) is 18.6 Å². The van der Waals surface area contributed by atoms with Crippen LogP contribution in [0.2, 0.25) is 0 Å². The zero-order valence-electron chi connectivity index (χ0n) is 9.66. The normalized spacial score (nSPS) is 12.6. The summed E-state index contributed by atoms with van der Waals surface area (Å²) < 4.78 is 38.0. The van der Waals surface area contributed by atoms with Gasteiger partial charge < -0.3 is 5.11 Å². The van der Waals surface area contributed by atoms with Crippen LogP contribution in [0.3, 0.4) is 0 Å². The van der Waals surface area contributed by atoms with Gasteiger partial charge in [0.05, 0.1) is 17.7 Å². The van der Waals surface area contributed by atoms with Gasteiger partial charge in [-0.15, -0.1) is 0 Å². The molecule has 0 atom stereocenters. The number of hydrogen-bond acceptors (Lipinski definition) is 2. The number of aliphatic carboxylic acids is 1. The van der Waals surface area contributed by atoms with Crippen molar-refractivity contribution in [3.05, 3.63) is 29.8 Å². The second-order valence-corrected chi connectivity index (χ2v) is 3.62. The van der Waals surface area contributed by atoms with E-state index in [1.165, 1.54) is 18.2 Å². The zero-order valence-corrected chi connectivity index (χ0v) is 9.66. The van der Waals surface area contributed by atoms with E-state index in [0.29, 0.717) is 6.42 Å². The summed E-state index contributed by atoms with van der Waals surface area (Å²) in [5.74, 6) is -1.11. The van der Waals surface area contributed by atoms with Crippen molar-refractivity contribution in [2.45, 2.75) is 25.9 Å². The van der Waals surface area contributed by atoms with Crippen LogP contribution in [0, 0.1) is 0 Å². The average Bonchev–Trinajstić information content (AvgIpc) is 2.26. The Labute approximate surface area is 102 Å². The molecule has 0 radical (unpaired) electrons. The van der Waals surface area contributed by atoms with Crippen LogP contribution in [0.5, 0.6) is 0 Å². The summed E-state index contributed by atoms with van der Waals surface area (Å²) in [5, 5.41) is 8.62. The lowest BCUT2D eigenvalue weighted by molar-refractivity contribution is -0.137. The maximum Gasteiger partial charge on any atom is 0.418 e. The summed E-state index contributed by atoms with van der Waals surface area (Å²) in [5.41, 5.74) is -0.899. The highest BCUT2D eigenvalue weighted by atomic mass is 19.4. The monoisotopic (exact) mass is 259 g/mol. The SMILES string of the molecule is CCC(CC(=O)O)=Nc1ccccc1C(F)(F)F. The van der Waals surface area contributed by atoms with Gasteiger partial charge in [-0.25, -0.2) is 0 Å². The molecule has 0 unspecified atom stereocenters. The second-order valence-electron chi connectivity index (χ2n) is 3.62. The van der Waals surface area contributed by atoms with E-state index < -0.39 is 17.7 Å². The summed E-state index contributed by atoms with van der Waals surface area (Å²) in [6.45, 7) is 1.65. The van der Waals surface area contributed by atoms with Crippen molar-refractivity contribution >= 4 is 17.4 Å². The molecule has 0 spiro atoms. The van der Waals surface area contributed by atoms with Crippen molar-refractivity contribution in [2.75, 3.05) is 0 Å². The summed E-state index contributed by atoms with van der Waals surface area (Å²) >= 11 is 0. The van der Waals surface area contributed by atoms with E-state index in [4.69, 9.17) is 5.11 Å². The number of carbonyl (C=O) groups is 1. The molecule has 0 heterocycles. The lowest BCUT2D eigenvalue weighted by Crippen LogP contribution is -2.08. The Morgan fingerprint density at radius 2 is 1.94 bits per heavy atom. The molecule has 1 N–H and O–H groups in total. The maximum atomic E-state index is 12.7. The van der Waals surface area contributed by atoms with Gasteiger partial charge in [0, 0.05) is 5.71 Å². The Balaban J connectivity index is 3.17. The van der Waals surface area contributed by atoms with Crippen LogP contribution in [-0.4, -0.2) is 16.8 Å². The van der Waals surface area contributed by atoms with Crippen LogP contribution in [-0.2, 0) is 11.0 Å². The first kappa shape index (κ1) is 14.2. The van der Waals surface area contributed by atoms with Crippen LogP contribution in [0.25, 0.3) is 0 Å². The van der Waals surface area contributed by atoms with Crippen molar-refractivity contribution in [1.82, 2.24) is 0 Å². The van der Waals surface area contributed by atoms with Gasteiger partial charge in [0.25, 0.3) is 0 Å². The Morgan fingerprint density at radius 3 is 2.44 bits per heavy atom. The fourth-order valence-electron chi connectivity index (χ4n) is 1.40. The first-order valence-corrected chi connectivity index (χ1v) is 5.29. The molecule has 0 aromatic heterocycles. The lowest BCUT2D eigenvalue weighted by Gasteiger charge is -2.10. The molecule has 0 aliphatic rings. The van der Waals surface area contributed by atoms with Crippen molar-refractivity contribution in [3.63, 3.8) is 0 Å². The molecule has 3 nitrogen and oxygen atoms in total. The highest BCUT2D eigenvalue weighted by molar-refractivity contribution is 5.99. The van der Waals surface area contributed by atoms with Crippen molar-refractivity contribution < 1.29 is 23.1 Å². The van der Waals surface area contributed by atoms with E-state index in [2.05, 4.69) is 4.99 Å². The third kappa shape index (κ3) is 3.87. The molecule has 0 aliphatic heterocycles. The number of rotatable bonds is 4. The molecule has 0 bridgehead atoms. The second kappa shape index (κ2) is 5.66. The van der Waals surface area contributed by atoms with Crippen LogP contribution >= 0.6 is 0 Å². The first-order valence-electron chi connectivity index (χ1n) is 5.29. The number of carboxylic acid groups (broad SMARTS) is 1. The number of hydrogen-bond donors (Lipinski definition) is 1. The summed E-state index contributed by atoms with van der Waals surface area (Å²) in [6, 6.07) is 4.85. The third-order valence-corrected chi connectivity index (χ3v) is 2.25. The minimum Gasteiger partial charge on any atom is -0.481 e. The fraction of sp³-hybridized carbons (Fsp3) is 0.333. The van der Waals surface area contributed by atoms with E-state index in [0.717, 1.165) is 6.07 Å². The summed E-state index contributed by atoms with van der Waals surface area (Å²) in [7, 11) is 0. The molecule has 18 heavy (non-hydrogen) atoms. The molecule has 98 valence electrons. The van der Waals surface area contributed by atoms with E-state index in [1.807, 2.05) is 0 Å². The van der Waals surface area contributed by atoms with E-state index >= 15 is 0 Å². The molecule has 1 rings (SSSR count). The van der Waals surface area contributed by atoms with Gasteiger partial charge in [0.15, 0.2) is 0 Å². The Bertz CT molecular complexity index is 467. The Morgan fingerprint density at radius 1 is 1.33 bits per heavy atom. The minimum absolute atomic E-state index is 0.208. The van der Waals surface area contributed by atoms with Crippen molar-refractivity contribution in [3.8, 4) is 0 Å². The number of alkyl halides is 3. The van der Waals surface area contributed by atoms with Crippen molar-refractivity contribution in [2.24, 2.45) is 4.99 Å². The van der Waals surface area contributed by atoms with Gasteiger partial charge in [-0.3, -0.25) is 9.79 Å². The van der Waals surface area contributed by atoms with Gasteiger partial charge in [0.1, 0.15) is 0 Å². The molecular weight excluding hydrogens is 247 g/mol. The quantitative estimate of drug-likeness (QED) is 0.839. The maximum absolute atomic E-state index is 12.7. The highest BCUT2D eigenvalue weighted by Crippen LogP contribution is 2.36. The number of carboxylic acids is 1. The van der Waals surface area contributed by atoms with Crippen LogP contribution in [0.4, 0.5) is 18.9 Å². The number of benzene rings is 1. The smallest absolute Gasteiger partial charge is 0.418 e. The molecule has 0 aliphatic carbocycles. The average molecular weight is 259 g/mol. The van der Waals surface area contributed by atoms with E-state index in [9.17, 15) is 18.0 Å².